The Bertz CT molecular complexity index is 1230. The Morgan fingerprint density at radius 1 is 0.886 bits per heavy atom. The zero-order valence-electron chi connectivity index (χ0n) is 18.8. The Morgan fingerprint density at radius 2 is 1.66 bits per heavy atom. The number of hydrogen-bond donors (Lipinski definition) is 2. The number of nitrogens with zero attached hydrogens (tertiary/aromatic N) is 1. The number of hydrogen-bond acceptors (Lipinski definition) is 3. The van der Waals surface area contributed by atoms with Gasteiger partial charge < -0.3 is 10.6 Å². The normalized spacial score (nSPS) is 13.1. The topological polar surface area (TPSA) is 54.0 Å². The largest absolute Gasteiger partial charge is 0.416 e. The molecule has 2 aromatic heterocycles. The summed E-state index contributed by atoms with van der Waals surface area (Å²) in [6, 6.07) is 23.0. The molecule has 0 saturated carbocycles. The van der Waals surface area contributed by atoms with Crippen LogP contribution in [0.3, 0.4) is 0 Å². The molecule has 0 aliphatic rings. The molecule has 0 spiro atoms. The monoisotopic (exact) mass is 495 g/mol. The van der Waals surface area contributed by atoms with E-state index in [0.717, 1.165) is 22.6 Å². The second kappa shape index (κ2) is 10.7. The Balaban J connectivity index is 1.74. The van der Waals surface area contributed by atoms with Gasteiger partial charge in [-0.15, -0.1) is 11.3 Å². The number of aromatic nitrogens is 1. The molecular weight excluding hydrogens is 471 g/mol. The summed E-state index contributed by atoms with van der Waals surface area (Å²) >= 11 is 1.60. The third kappa shape index (κ3) is 6.08. The lowest BCUT2D eigenvalue weighted by Crippen LogP contribution is -2.53. The smallest absolute Gasteiger partial charge is 0.338 e. The first-order valence-corrected chi connectivity index (χ1v) is 12.0. The Morgan fingerprint density at radius 3 is 2.34 bits per heavy atom. The van der Waals surface area contributed by atoms with E-state index in [-0.39, 0.29) is 6.42 Å². The number of thiophene rings is 1. The molecular formula is C27H24F3N3OS. The van der Waals surface area contributed by atoms with Gasteiger partial charge in [-0.25, -0.2) is 4.79 Å². The van der Waals surface area contributed by atoms with Crippen LogP contribution in [-0.2, 0) is 24.6 Å². The molecule has 4 aromatic rings. The maximum Gasteiger partial charge on any atom is 0.416 e. The fourth-order valence-electron chi connectivity index (χ4n) is 3.99. The minimum Gasteiger partial charge on any atom is -0.338 e. The number of alkyl halides is 3. The number of amides is 2. The second-order valence-electron chi connectivity index (χ2n) is 8.07. The minimum atomic E-state index is -4.53. The first kappa shape index (κ1) is 24.5. The first-order chi connectivity index (χ1) is 16.9. The van der Waals surface area contributed by atoms with Gasteiger partial charge in [-0.1, -0.05) is 54.6 Å². The van der Waals surface area contributed by atoms with Gasteiger partial charge in [0.15, 0.2) is 0 Å². The molecule has 8 heteroatoms. The van der Waals surface area contributed by atoms with Crippen LogP contribution in [0.4, 0.5) is 18.0 Å². The summed E-state index contributed by atoms with van der Waals surface area (Å²) in [6.07, 6.45) is -2.09. The van der Waals surface area contributed by atoms with Crippen LogP contribution in [0.2, 0.25) is 0 Å². The lowest BCUT2D eigenvalue weighted by molar-refractivity contribution is -0.137. The molecule has 1 unspecified atom stereocenters. The van der Waals surface area contributed by atoms with E-state index in [1.165, 1.54) is 6.07 Å². The van der Waals surface area contributed by atoms with Crippen LogP contribution < -0.4 is 10.6 Å². The summed E-state index contributed by atoms with van der Waals surface area (Å²) in [7, 11) is 0. The van der Waals surface area contributed by atoms with Gasteiger partial charge in [0.05, 0.1) is 11.3 Å². The van der Waals surface area contributed by atoms with E-state index < -0.39 is 23.3 Å². The number of nitrogens with one attached hydrogen (secondary N) is 2. The predicted molar refractivity (Wildman–Crippen MR) is 131 cm³/mol. The highest BCUT2D eigenvalue weighted by Gasteiger charge is 2.40. The standard InChI is InChI=1S/C27H24F3N3OS/c28-27(29,30)22-11-6-10-21(18-22)26(24-13-4-5-15-31-24,19-20-8-2-1-3-9-20)33-25(34)32-16-14-23-12-7-17-35-23/h1-13,15,17-18H,14,16,19H2,(H2,32,33,34). The predicted octanol–water partition coefficient (Wildman–Crippen LogP) is 6.19. The highest BCUT2D eigenvalue weighted by Crippen LogP contribution is 2.36. The molecule has 2 aromatic carbocycles. The van der Waals surface area contributed by atoms with Crippen LogP contribution in [0.25, 0.3) is 0 Å². The zero-order valence-corrected chi connectivity index (χ0v) is 19.6. The van der Waals surface area contributed by atoms with Gasteiger partial charge in [0.25, 0.3) is 0 Å². The molecule has 4 rings (SSSR count). The molecule has 0 radical (unpaired) electrons. The summed E-state index contributed by atoms with van der Waals surface area (Å²) in [5.74, 6) is 0. The van der Waals surface area contributed by atoms with E-state index in [0.29, 0.717) is 24.2 Å². The van der Waals surface area contributed by atoms with Gasteiger partial charge in [-0.2, -0.15) is 13.2 Å². The molecule has 0 bridgehead atoms. The van der Waals surface area contributed by atoms with E-state index in [1.807, 2.05) is 47.8 Å². The first-order valence-electron chi connectivity index (χ1n) is 11.1. The summed E-state index contributed by atoms with van der Waals surface area (Å²) in [5.41, 5.74) is -0.547. The van der Waals surface area contributed by atoms with Crippen LogP contribution in [0.1, 0.15) is 27.3 Å². The molecule has 0 aliphatic heterocycles. The molecule has 0 aliphatic carbocycles. The molecule has 0 saturated heterocycles. The van der Waals surface area contributed by atoms with Gasteiger partial charge in [0.2, 0.25) is 0 Å². The SMILES string of the molecule is O=C(NCCc1cccs1)NC(Cc1ccccc1)(c1cccc(C(F)(F)F)c1)c1ccccn1. The van der Waals surface area contributed by atoms with Crippen molar-refractivity contribution in [1.29, 1.82) is 0 Å². The summed E-state index contributed by atoms with van der Waals surface area (Å²) < 4.78 is 40.9. The van der Waals surface area contributed by atoms with Crippen LogP contribution in [0.5, 0.6) is 0 Å². The Labute approximate surface area is 205 Å². The minimum absolute atomic E-state index is 0.213. The van der Waals surface area contributed by atoms with Crippen molar-refractivity contribution in [2.45, 2.75) is 24.6 Å². The fourth-order valence-corrected chi connectivity index (χ4v) is 4.70. The van der Waals surface area contributed by atoms with E-state index >= 15 is 0 Å². The average molecular weight is 496 g/mol. The van der Waals surface area contributed by atoms with Crippen molar-refractivity contribution in [3.8, 4) is 0 Å². The summed E-state index contributed by atoms with van der Waals surface area (Å²) in [5, 5.41) is 7.81. The van der Waals surface area contributed by atoms with Crippen molar-refractivity contribution in [2.75, 3.05) is 6.54 Å². The van der Waals surface area contributed by atoms with Crippen LogP contribution in [0.15, 0.2) is 96.5 Å². The lowest BCUT2D eigenvalue weighted by Gasteiger charge is -2.35. The third-order valence-corrected chi connectivity index (χ3v) is 6.60. The van der Waals surface area contributed by atoms with Crippen molar-refractivity contribution in [2.24, 2.45) is 0 Å². The van der Waals surface area contributed by atoms with E-state index in [9.17, 15) is 18.0 Å². The number of carbonyl (C=O) groups excluding carboxylic acids is 1. The molecule has 1 atom stereocenters. The molecule has 35 heavy (non-hydrogen) atoms. The Hall–Kier alpha value is -3.65. The van der Waals surface area contributed by atoms with Gasteiger partial charge in [0.1, 0.15) is 5.54 Å². The maximum absolute atomic E-state index is 13.6. The number of carbonyl (C=O) groups is 1. The molecule has 0 fully saturated rings. The highest BCUT2D eigenvalue weighted by molar-refractivity contribution is 7.09. The van der Waals surface area contributed by atoms with Gasteiger partial charge in [-0.3, -0.25) is 4.98 Å². The van der Waals surface area contributed by atoms with Gasteiger partial charge in [0, 0.05) is 24.0 Å². The third-order valence-electron chi connectivity index (χ3n) is 5.66. The van der Waals surface area contributed by atoms with Crippen LogP contribution in [-0.4, -0.2) is 17.6 Å². The molecule has 4 nitrogen and oxygen atoms in total. The zero-order chi connectivity index (χ0) is 24.7. The van der Waals surface area contributed by atoms with Crippen molar-refractivity contribution >= 4 is 17.4 Å². The average Bonchev–Trinajstić information content (AvgIpc) is 3.38. The summed E-state index contributed by atoms with van der Waals surface area (Å²) in [4.78, 5) is 18.7. The molecule has 2 N–H and O–H groups in total. The number of benzene rings is 2. The Kier molecular flexibility index (Phi) is 7.51. The van der Waals surface area contributed by atoms with Crippen molar-refractivity contribution in [3.63, 3.8) is 0 Å². The van der Waals surface area contributed by atoms with Crippen LogP contribution in [0, 0.1) is 0 Å². The lowest BCUT2D eigenvalue weighted by atomic mass is 9.80. The quantitative estimate of drug-likeness (QED) is 0.306. The van der Waals surface area contributed by atoms with E-state index in [1.54, 1.807) is 41.8 Å². The van der Waals surface area contributed by atoms with Gasteiger partial charge >= 0.3 is 12.2 Å². The number of pyridine rings is 1. The van der Waals surface area contributed by atoms with E-state index in [4.69, 9.17) is 0 Å². The molecule has 180 valence electrons. The second-order valence-corrected chi connectivity index (χ2v) is 9.10. The van der Waals surface area contributed by atoms with Gasteiger partial charge in [-0.05, 0) is 53.3 Å². The van der Waals surface area contributed by atoms with Crippen molar-refractivity contribution in [1.82, 2.24) is 15.6 Å². The highest BCUT2D eigenvalue weighted by atomic mass is 32.1. The number of urea groups is 1. The number of halogens is 3. The summed E-state index contributed by atoms with van der Waals surface area (Å²) in [6.45, 7) is 0.387. The van der Waals surface area contributed by atoms with Crippen LogP contribution >= 0.6 is 11.3 Å². The molecule has 2 amide bonds. The van der Waals surface area contributed by atoms with E-state index in [2.05, 4.69) is 15.6 Å². The fraction of sp³-hybridized carbons (Fsp3) is 0.185. The molecule has 2 heterocycles. The maximum atomic E-state index is 13.6. The number of rotatable bonds is 8. The van der Waals surface area contributed by atoms with Crippen molar-refractivity contribution < 1.29 is 18.0 Å². The van der Waals surface area contributed by atoms with Crippen molar-refractivity contribution in [3.05, 3.63) is 124 Å².